The Bertz CT molecular complexity index is 958. The number of imidazole rings is 1. The molecule has 1 aromatic heterocycles. The van der Waals surface area contributed by atoms with Gasteiger partial charge in [0.25, 0.3) is 0 Å². The molecule has 3 rings (SSSR count). The molecule has 1 atom stereocenters. The minimum absolute atomic E-state index is 0.0657. The molecule has 134 valence electrons. The van der Waals surface area contributed by atoms with Crippen LogP contribution in [0.25, 0.3) is 0 Å². The van der Waals surface area contributed by atoms with Gasteiger partial charge in [0.2, 0.25) is 0 Å². The number of aromatic amines is 1. The molecule has 1 heterocycles. The summed E-state index contributed by atoms with van der Waals surface area (Å²) < 4.78 is 0.341. The first kappa shape index (κ1) is 18.8. The van der Waals surface area contributed by atoms with Crippen LogP contribution in [0.15, 0.2) is 47.2 Å². The van der Waals surface area contributed by atoms with E-state index in [0.29, 0.717) is 20.5 Å². The predicted octanol–water partition coefficient (Wildman–Crippen LogP) is 5.69. The van der Waals surface area contributed by atoms with E-state index in [1.807, 2.05) is 25.1 Å². The lowest BCUT2D eigenvalue weighted by atomic mass is 10.0. The third-order valence-electron chi connectivity index (χ3n) is 3.90. The number of H-pyrrole nitrogens is 1. The van der Waals surface area contributed by atoms with Gasteiger partial charge in [-0.25, -0.2) is 9.78 Å². The summed E-state index contributed by atoms with van der Waals surface area (Å²) in [6.07, 6.45) is 0. The van der Waals surface area contributed by atoms with Gasteiger partial charge < -0.3 is 15.4 Å². The van der Waals surface area contributed by atoms with Crippen LogP contribution in [0.5, 0.6) is 0 Å². The number of nitrogens with one attached hydrogen (secondary N) is 2. The van der Waals surface area contributed by atoms with Crippen LogP contribution in [0.3, 0.4) is 0 Å². The van der Waals surface area contributed by atoms with E-state index < -0.39 is 12.0 Å². The molecule has 0 aliphatic heterocycles. The molecule has 8 heteroatoms. The van der Waals surface area contributed by atoms with Crippen molar-refractivity contribution in [3.05, 3.63) is 79.8 Å². The molecular formula is C18H14BrCl2N3O2. The highest BCUT2D eigenvalue weighted by molar-refractivity contribution is 9.10. The first-order valence-electron chi connectivity index (χ1n) is 7.62. The maximum Gasteiger partial charge on any atom is 0.356 e. The Balaban J connectivity index is 2.12. The summed E-state index contributed by atoms with van der Waals surface area (Å²) in [4.78, 5) is 18.6. The van der Waals surface area contributed by atoms with E-state index in [0.717, 1.165) is 16.8 Å². The van der Waals surface area contributed by atoms with Crippen molar-refractivity contribution in [3.63, 3.8) is 0 Å². The van der Waals surface area contributed by atoms with Crippen LogP contribution >= 0.6 is 39.1 Å². The number of rotatable bonds is 5. The van der Waals surface area contributed by atoms with Crippen LogP contribution in [0, 0.1) is 6.92 Å². The van der Waals surface area contributed by atoms with Crippen molar-refractivity contribution in [1.29, 1.82) is 0 Å². The SMILES string of the molecule is Cc1ccc(Cl)cc1NC(c1ccc(Cl)cc1)c1[nH]c(Br)nc1C(=O)O. The van der Waals surface area contributed by atoms with Crippen molar-refractivity contribution in [2.75, 3.05) is 5.32 Å². The number of carbonyl (C=O) groups is 1. The molecule has 0 spiro atoms. The molecule has 5 nitrogen and oxygen atoms in total. The molecule has 3 aromatic rings. The average Bonchev–Trinajstić information content (AvgIpc) is 2.98. The lowest BCUT2D eigenvalue weighted by Crippen LogP contribution is -2.17. The van der Waals surface area contributed by atoms with E-state index in [-0.39, 0.29) is 5.69 Å². The van der Waals surface area contributed by atoms with Gasteiger partial charge in [-0.15, -0.1) is 0 Å². The number of carboxylic acid groups (broad SMARTS) is 1. The number of nitrogens with zero attached hydrogens (tertiary/aromatic N) is 1. The number of halogens is 3. The van der Waals surface area contributed by atoms with Gasteiger partial charge in [0.1, 0.15) is 0 Å². The molecule has 0 aliphatic carbocycles. The standard InChI is InChI=1S/C18H14BrCl2N3O2/c1-9-2-5-12(21)8-13(9)22-14(10-3-6-11(20)7-4-10)15-16(17(25)26)24-18(19)23-15/h2-8,14,22H,1H3,(H,23,24)(H,25,26). The minimum atomic E-state index is -1.12. The topological polar surface area (TPSA) is 78.0 Å². The predicted molar refractivity (Wildman–Crippen MR) is 106 cm³/mol. The van der Waals surface area contributed by atoms with Gasteiger partial charge in [-0.05, 0) is 58.2 Å². The normalized spacial score (nSPS) is 12.0. The summed E-state index contributed by atoms with van der Waals surface area (Å²) in [5, 5.41) is 14.1. The van der Waals surface area contributed by atoms with Crippen molar-refractivity contribution in [1.82, 2.24) is 9.97 Å². The molecule has 1 unspecified atom stereocenters. The van der Waals surface area contributed by atoms with Gasteiger partial charge in [-0.2, -0.15) is 0 Å². The van der Waals surface area contributed by atoms with Gasteiger partial charge in [0.05, 0.1) is 11.7 Å². The van der Waals surface area contributed by atoms with Gasteiger partial charge in [-0.3, -0.25) is 0 Å². The maximum atomic E-state index is 11.6. The molecule has 26 heavy (non-hydrogen) atoms. The second-order valence-electron chi connectivity index (χ2n) is 5.68. The molecular weight excluding hydrogens is 441 g/mol. The van der Waals surface area contributed by atoms with Crippen LogP contribution in [0.2, 0.25) is 10.0 Å². The lowest BCUT2D eigenvalue weighted by Gasteiger charge is -2.21. The molecule has 0 radical (unpaired) electrons. The van der Waals surface area contributed by atoms with Crippen LogP contribution in [0.4, 0.5) is 5.69 Å². The molecule has 0 aliphatic rings. The van der Waals surface area contributed by atoms with E-state index in [9.17, 15) is 9.90 Å². The van der Waals surface area contributed by atoms with Gasteiger partial charge in [0.15, 0.2) is 10.4 Å². The van der Waals surface area contributed by atoms with Crippen LogP contribution in [-0.4, -0.2) is 21.0 Å². The zero-order valence-corrected chi connectivity index (χ0v) is 16.7. The molecule has 0 amide bonds. The number of hydrogen-bond acceptors (Lipinski definition) is 3. The minimum Gasteiger partial charge on any atom is -0.476 e. The number of aromatic carboxylic acids is 1. The largest absolute Gasteiger partial charge is 0.476 e. The zero-order chi connectivity index (χ0) is 18.8. The second-order valence-corrected chi connectivity index (χ2v) is 7.31. The van der Waals surface area contributed by atoms with E-state index in [1.165, 1.54) is 0 Å². The van der Waals surface area contributed by atoms with E-state index in [2.05, 4.69) is 31.2 Å². The fourth-order valence-corrected chi connectivity index (χ4v) is 3.30. The van der Waals surface area contributed by atoms with Crippen LogP contribution in [0.1, 0.15) is 33.4 Å². The van der Waals surface area contributed by atoms with Crippen molar-refractivity contribution in [2.45, 2.75) is 13.0 Å². The first-order valence-corrected chi connectivity index (χ1v) is 9.17. The highest BCUT2D eigenvalue weighted by atomic mass is 79.9. The summed E-state index contributed by atoms with van der Waals surface area (Å²) in [5.41, 5.74) is 2.95. The quantitative estimate of drug-likeness (QED) is 0.462. The van der Waals surface area contributed by atoms with Gasteiger partial charge >= 0.3 is 5.97 Å². The number of carboxylic acids is 1. The highest BCUT2D eigenvalue weighted by Gasteiger charge is 2.25. The van der Waals surface area contributed by atoms with E-state index in [1.54, 1.807) is 24.3 Å². The Morgan fingerprint density at radius 1 is 1.19 bits per heavy atom. The molecule has 0 saturated carbocycles. The Kier molecular flexibility index (Phi) is 5.55. The summed E-state index contributed by atoms with van der Waals surface area (Å²) in [7, 11) is 0. The van der Waals surface area contributed by atoms with Crippen molar-refractivity contribution < 1.29 is 9.90 Å². The third kappa shape index (κ3) is 4.03. The van der Waals surface area contributed by atoms with E-state index >= 15 is 0 Å². The zero-order valence-electron chi connectivity index (χ0n) is 13.6. The molecule has 0 bridgehead atoms. The monoisotopic (exact) mass is 453 g/mol. The van der Waals surface area contributed by atoms with Crippen LogP contribution in [-0.2, 0) is 0 Å². The Morgan fingerprint density at radius 2 is 1.85 bits per heavy atom. The van der Waals surface area contributed by atoms with Crippen molar-refractivity contribution >= 4 is 50.8 Å². The lowest BCUT2D eigenvalue weighted by molar-refractivity contribution is 0.0689. The summed E-state index contributed by atoms with van der Waals surface area (Å²) >= 11 is 15.3. The fourth-order valence-electron chi connectivity index (χ4n) is 2.61. The molecule has 2 aromatic carbocycles. The maximum absolute atomic E-state index is 11.6. The Labute approximate surface area is 168 Å². The van der Waals surface area contributed by atoms with E-state index in [4.69, 9.17) is 23.2 Å². The first-order chi connectivity index (χ1) is 12.3. The number of aryl methyl sites for hydroxylation is 1. The second kappa shape index (κ2) is 7.70. The van der Waals surface area contributed by atoms with Crippen LogP contribution < -0.4 is 5.32 Å². The van der Waals surface area contributed by atoms with Crippen molar-refractivity contribution in [3.8, 4) is 0 Å². The Hall–Kier alpha value is -2.02. The van der Waals surface area contributed by atoms with Gasteiger partial charge in [0, 0.05) is 15.7 Å². The number of benzene rings is 2. The molecule has 3 N–H and O–H groups in total. The fraction of sp³-hybridized carbons (Fsp3) is 0.111. The third-order valence-corrected chi connectivity index (χ3v) is 4.76. The Morgan fingerprint density at radius 3 is 2.50 bits per heavy atom. The highest BCUT2D eigenvalue weighted by Crippen LogP contribution is 2.32. The summed E-state index contributed by atoms with van der Waals surface area (Å²) in [5.74, 6) is -1.12. The summed E-state index contributed by atoms with van der Waals surface area (Å²) in [6, 6.07) is 12.2. The number of anilines is 1. The van der Waals surface area contributed by atoms with Crippen molar-refractivity contribution in [2.24, 2.45) is 0 Å². The molecule has 0 fully saturated rings. The van der Waals surface area contributed by atoms with Gasteiger partial charge in [-0.1, -0.05) is 41.4 Å². The number of hydrogen-bond donors (Lipinski definition) is 3. The molecule has 0 saturated heterocycles. The smallest absolute Gasteiger partial charge is 0.356 e. The number of aromatic nitrogens is 2. The summed E-state index contributed by atoms with van der Waals surface area (Å²) in [6.45, 7) is 1.94. The average molecular weight is 455 g/mol.